The Morgan fingerprint density at radius 3 is 3.00 bits per heavy atom. The highest BCUT2D eigenvalue weighted by atomic mass is 16.1. The molecule has 1 N–H and O–H groups in total. The van der Waals surface area contributed by atoms with Gasteiger partial charge in [-0.2, -0.15) is 0 Å². The summed E-state index contributed by atoms with van der Waals surface area (Å²) in [5, 5.41) is 3.39. The highest BCUT2D eigenvalue weighted by Gasteiger charge is 2.19. The third-order valence-corrected chi connectivity index (χ3v) is 2.88. The van der Waals surface area contributed by atoms with Crippen LogP contribution in [-0.4, -0.2) is 12.3 Å². The molecule has 0 radical (unpaired) electrons. The van der Waals surface area contributed by atoms with E-state index in [0.717, 1.165) is 18.5 Å². The van der Waals surface area contributed by atoms with Crippen molar-refractivity contribution in [2.24, 2.45) is 0 Å². The summed E-state index contributed by atoms with van der Waals surface area (Å²) in [5.41, 5.74) is 3.42. The van der Waals surface area contributed by atoms with E-state index in [1.54, 1.807) is 6.92 Å². The first-order valence-electron chi connectivity index (χ1n) is 5.06. The van der Waals surface area contributed by atoms with Crippen LogP contribution in [0.25, 0.3) is 0 Å². The van der Waals surface area contributed by atoms with E-state index in [0.29, 0.717) is 6.04 Å². The van der Waals surface area contributed by atoms with Gasteiger partial charge in [0.2, 0.25) is 0 Å². The second-order valence-electron chi connectivity index (χ2n) is 3.86. The molecule has 0 aliphatic carbocycles. The minimum absolute atomic E-state index is 0.177. The number of nitrogens with one attached hydrogen (secondary N) is 1. The van der Waals surface area contributed by atoms with Crippen molar-refractivity contribution in [2.75, 3.05) is 6.54 Å². The van der Waals surface area contributed by atoms with Crippen molar-refractivity contribution in [1.82, 2.24) is 5.32 Å². The highest BCUT2D eigenvalue weighted by Crippen LogP contribution is 2.25. The predicted molar refractivity (Wildman–Crippen MR) is 56.6 cm³/mol. The normalized spacial score (nSPS) is 20.3. The standard InChI is InChI=1S/C12H15NO/c1-8-10-4-3-5-11(9(2)14)12(10)6-7-13-8/h3-5,8,13H,6-7H2,1-2H3. The number of ketones is 1. The molecule has 1 atom stereocenters. The van der Waals surface area contributed by atoms with E-state index in [1.807, 2.05) is 12.1 Å². The van der Waals surface area contributed by atoms with Crippen molar-refractivity contribution in [1.29, 1.82) is 0 Å². The number of hydrogen-bond acceptors (Lipinski definition) is 2. The smallest absolute Gasteiger partial charge is 0.160 e. The second-order valence-corrected chi connectivity index (χ2v) is 3.86. The molecular formula is C12H15NO. The van der Waals surface area contributed by atoms with E-state index in [1.165, 1.54) is 11.1 Å². The Bertz CT molecular complexity index is 371. The first kappa shape index (κ1) is 9.41. The molecule has 2 heteroatoms. The molecule has 1 aliphatic rings. The van der Waals surface area contributed by atoms with Crippen molar-refractivity contribution in [2.45, 2.75) is 26.3 Å². The van der Waals surface area contributed by atoms with Gasteiger partial charge in [-0.3, -0.25) is 4.79 Å². The van der Waals surface area contributed by atoms with Gasteiger partial charge in [0.15, 0.2) is 5.78 Å². The molecule has 1 unspecified atom stereocenters. The van der Waals surface area contributed by atoms with Crippen molar-refractivity contribution < 1.29 is 4.79 Å². The summed E-state index contributed by atoms with van der Waals surface area (Å²) < 4.78 is 0. The van der Waals surface area contributed by atoms with E-state index < -0.39 is 0 Å². The van der Waals surface area contributed by atoms with Gasteiger partial charge in [-0.1, -0.05) is 18.2 Å². The molecular weight excluding hydrogens is 174 g/mol. The maximum Gasteiger partial charge on any atom is 0.160 e. The molecule has 0 saturated carbocycles. The van der Waals surface area contributed by atoms with Gasteiger partial charge >= 0.3 is 0 Å². The molecule has 0 aromatic heterocycles. The summed E-state index contributed by atoms with van der Waals surface area (Å²) in [7, 11) is 0. The third kappa shape index (κ3) is 1.46. The van der Waals surface area contributed by atoms with Crippen molar-refractivity contribution >= 4 is 5.78 Å². The summed E-state index contributed by atoms with van der Waals surface area (Å²) in [6, 6.07) is 6.38. The van der Waals surface area contributed by atoms with Gasteiger partial charge in [0.05, 0.1) is 0 Å². The molecule has 1 aliphatic heterocycles. The molecule has 74 valence electrons. The molecule has 2 rings (SSSR count). The second kappa shape index (κ2) is 3.54. The SMILES string of the molecule is CC(=O)c1cccc2c1CCNC2C. The van der Waals surface area contributed by atoms with Crippen LogP contribution in [0, 0.1) is 0 Å². The number of benzene rings is 1. The Balaban J connectivity index is 2.55. The lowest BCUT2D eigenvalue weighted by molar-refractivity contribution is 0.101. The molecule has 1 aromatic carbocycles. The summed E-state index contributed by atoms with van der Waals surface area (Å²) in [6.07, 6.45) is 0.968. The van der Waals surface area contributed by atoms with Gasteiger partial charge in [0.25, 0.3) is 0 Å². The van der Waals surface area contributed by atoms with Crippen LogP contribution in [0.5, 0.6) is 0 Å². The van der Waals surface area contributed by atoms with E-state index in [4.69, 9.17) is 0 Å². The first-order chi connectivity index (χ1) is 6.70. The molecule has 0 fully saturated rings. The van der Waals surface area contributed by atoms with Crippen molar-refractivity contribution in [3.63, 3.8) is 0 Å². The van der Waals surface area contributed by atoms with E-state index >= 15 is 0 Å². The van der Waals surface area contributed by atoms with E-state index in [9.17, 15) is 4.79 Å². The van der Waals surface area contributed by atoms with Gasteiger partial charge < -0.3 is 5.32 Å². The van der Waals surface area contributed by atoms with Gasteiger partial charge in [0, 0.05) is 11.6 Å². The number of rotatable bonds is 1. The summed E-state index contributed by atoms with van der Waals surface area (Å²) in [6.45, 7) is 4.75. The molecule has 14 heavy (non-hydrogen) atoms. The monoisotopic (exact) mass is 189 g/mol. The zero-order chi connectivity index (χ0) is 10.1. The largest absolute Gasteiger partial charge is 0.310 e. The number of carbonyl (C=O) groups is 1. The quantitative estimate of drug-likeness (QED) is 0.685. The zero-order valence-electron chi connectivity index (χ0n) is 8.63. The maximum absolute atomic E-state index is 11.4. The average molecular weight is 189 g/mol. The minimum Gasteiger partial charge on any atom is -0.310 e. The van der Waals surface area contributed by atoms with Crippen molar-refractivity contribution in [3.8, 4) is 0 Å². The van der Waals surface area contributed by atoms with Crippen LogP contribution in [0.1, 0.15) is 41.4 Å². The molecule has 0 bridgehead atoms. The average Bonchev–Trinajstić information content (AvgIpc) is 2.17. The molecule has 2 nitrogen and oxygen atoms in total. The molecule has 1 heterocycles. The van der Waals surface area contributed by atoms with E-state index in [-0.39, 0.29) is 5.78 Å². The van der Waals surface area contributed by atoms with Crippen LogP contribution in [0.4, 0.5) is 0 Å². The van der Waals surface area contributed by atoms with E-state index in [2.05, 4.69) is 18.3 Å². The van der Waals surface area contributed by atoms with Crippen LogP contribution in [0.15, 0.2) is 18.2 Å². The Kier molecular flexibility index (Phi) is 2.38. The number of Topliss-reactive ketones (excluding diaryl/α,β-unsaturated/α-hetero) is 1. The van der Waals surface area contributed by atoms with Gasteiger partial charge in [-0.25, -0.2) is 0 Å². The third-order valence-electron chi connectivity index (χ3n) is 2.88. The van der Waals surface area contributed by atoms with Crippen LogP contribution >= 0.6 is 0 Å². The summed E-state index contributed by atoms with van der Waals surface area (Å²) in [5.74, 6) is 0.177. The molecule has 0 amide bonds. The Morgan fingerprint density at radius 1 is 1.50 bits per heavy atom. The first-order valence-corrected chi connectivity index (χ1v) is 5.06. The zero-order valence-corrected chi connectivity index (χ0v) is 8.63. The predicted octanol–water partition coefficient (Wildman–Crippen LogP) is 2.10. The van der Waals surface area contributed by atoms with Crippen LogP contribution < -0.4 is 5.32 Å². The number of fused-ring (bicyclic) bond motifs is 1. The van der Waals surface area contributed by atoms with Crippen molar-refractivity contribution in [3.05, 3.63) is 34.9 Å². The van der Waals surface area contributed by atoms with Crippen LogP contribution in [0.3, 0.4) is 0 Å². The Labute approximate surface area is 84.3 Å². The Hall–Kier alpha value is -1.15. The topological polar surface area (TPSA) is 29.1 Å². The van der Waals surface area contributed by atoms with Gasteiger partial charge in [-0.05, 0) is 37.9 Å². The minimum atomic E-state index is 0.177. The van der Waals surface area contributed by atoms with Crippen LogP contribution in [-0.2, 0) is 6.42 Å². The fourth-order valence-electron chi connectivity index (χ4n) is 2.14. The lowest BCUT2D eigenvalue weighted by atomic mass is 9.90. The summed E-state index contributed by atoms with van der Waals surface area (Å²) >= 11 is 0. The fourth-order valence-corrected chi connectivity index (χ4v) is 2.14. The Morgan fingerprint density at radius 2 is 2.29 bits per heavy atom. The highest BCUT2D eigenvalue weighted by molar-refractivity contribution is 5.96. The molecule has 0 spiro atoms. The number of carbonyl (C=O) groups excluding carboxylic acids is 1. The van der Waals surface area contributed by atoms with Gasteiger partial charge in [-0.15, -0.1) is 0 Å². The lowest BCUT2D eigenvalue weighted by Crippen LogP contribution is -2.28. The summed E-state index contributed by atoms with van der Waals surface area (Å²) in [4.78, 5) is 11.4. The fraction of sp³-hybridized carbons (Fsp3) is 0.417. The lowest BCUT2D eigenvalue weighted by Gasteiger charge is -2.25. The molecule has 0 saturated heterocycles. The van der Waals surface area contributed by atoms with Crippen LogP contribution in [0.2, 0.25) is 0 Å². The number of hydrogen-bond donors (Lipinski definition) is 1. The van der Waals surface area contributed by atoms with Gasteiger partial charge in [0.1, 0.15) is 0 Å². The maximum atomic E-state index is 11.4. The molecule has 1 aromatic rings.